The molecular weight excluding hydrogens is 514 g/mol. The van der Waals surface area contributed by atoms with Crippen molar-refractivity contribution in [2.45, 2.75) is 91.2 Å². The van der Waals surface area contributed by atoms with Gasteiger partial charge in [-0.3, -0.25) is 9.59 Å². The zero-order chi connectivity index (χ0) is 28.2. The van der Waals surface area contributed by atoms with Gasteiger partial charge in [0.1, 0.15) is 11.9 Å². The average Bonchev–Trinajstić information content (AvgIpc) is 2.94. The minimum absolute atomic E-state index is 0.0575. The molecule has 2 amide bonds. The first-order valence-corrected chi connectivity index (χ1v) is 14.8. The van der Waals surface area contributed by atoms with Gasteiger partial charge in [0.25, 0.3) is 0 Å². The summed E-state index contributed by atoms with van der Waals surface area (Å²) in [6, 6.07) is 5.09. The number of hydrogen-bond acceptors (Lipinski definition) is 4. The van der Waals surface area contributed by atoms with Crippen LogP contribution in [-0.4, -0.2) is 53.7 Å². The Morgan fingerprint density at radius 2 is 1.62 bits per heavy atom. The molecule has 1 aromatic rings. The predicted molar refractivity (Wildman–Crippen MR) is 151 cm³/mol. The summed E-state index contributed by atoms with van der Waals surface area (Å²) >= 11 is 6.24. The smallest absolute Gasteiger partial charge is 0.228 e. The highest BCUT2D eigenvalue weighted by atomic mass is 35.5. The Labute approximate surface area is 237 Å². The second kappa shape index (κ2) is 9.96. The van der Waals surface area contributed by atoms with E-state index in [4.69, 9.17) is 22.9 Å². The molecule has 1 saturated heterocycles. The largest absolute Gasteiger partial charge is 0.489 e. The molecule has 0 aromatic heterocycles. The number of rotatable bonds is 6. The number of carbonyl (C=O) groups is 2. The van der Waals surface area contributed by atoms with Crippen LogP contribution < -0.4 is 10.1 Å². The molecule has 5 fully saturated rings. The average molecular weight is 556 g/mol. The SMILES string of the molecule is [C-]#[N+]c1ccc(OC2C(C)(C)C(NC(=O)C34CCC(C(=O)N5CCC(CO)CC5)(CC3)CC4)C2(C)C)cc1Cl. The number of nitrogens with one attached hydrogen (secondary N) is 1. The van der Waals surface area contributed by atoms with Gasteiger partial charge >= 0.3 is 0 Å². The number of aliphatic hydroxyl groups is 1. The van der Waals surface area contributed by atoms with E-state index in [-0.39, 0.29) is 46.8 Å². The number of halogens is 1. The van der Waals surface area contributed by atoms with Crippen LogP contribution >= 0.6 is 11.6 Å². The summed E-state index contributed by atoms with van der Waals surface area (Å²) in [6.07, 6.45) is 6.24. The predicted octanol–water partition coefficient (Wildman–Crippen LogP) is 5.76. The van der Waals surface area contributed by atoms with Crippen LogP contribution in [0, 0.1) is 34.2 Å². The van der Waals surface area contributed by atoms with Crippen molar-refractivity contribution in [1.29, 1.82) is 0 Å². The van der Waals surface area contributed by atoms with Gasteiger partial charge in [-0.25, -0.2) is 4.85 Å². The minimum Gasteiger partial charge on any atom is -0.489 e. The highest BCUT2D eigenvalue weighted by Gasteiger charge is 2.65. The molecule has 212 valence electrons. The number of aliphatic hydroxyl groups excluding tert-OH is 1. The molecule has 1 aliphatic heterocycles. The first kappa shape index (κ1) is 28.2. The molecule has 1 aromatic carbocycles. The van der Waals surface area contributed by atoms with Gasteiger partial charge in [-0.2, -0.15) is 0 Å². The lowest BCUT2D eigenvalue weighted by atomic mass is 9.48. The molecule has 0 unspecified atom stereocenters. The van der Waals surface area contributed by atoms with Gasteiger partial charge in [-0.05, 0) is 69.4 Å². The third-order valence-corrected chi connectivity index (χ3v) is 11.1. The Hall–Kier alpha value is -2.30. The normalized spacial score (nSPS) is 33.1. The van der Waals surface area contributed by atoms with Crippen molar-refractivity contribution >= 4 is 29.1 Å². The van der Waals surface area contributed by atoms with E-state index < -0.39 is 5.41 Å². The summed E-state index contributed by atoms with van der Waals surface area (Å²) in [5, 5.41) is 13.3. The fourth-order valence-corrected chi connectivity index (χ4v) is 8.59. The van der Waals surface area contributed by atoms with E-state index in [0.29, 0.717) is 22.4 Å². The van der Waals surface area contributed by atoms with Crippen molar-refractivity contribution in [2.24, 2.45) is 27.6 Å². The Morgan fingerprint density at radius 3 is 2.13 bits per heavy atom. The number of benzene rings is 1. The highest BCUT2D eigenvalue weighted by molar-refractivity contribution is 6.33. The lowest BCUT2D eigenvalue weighted by Crippen LogP contribution is -2.75. The quantitative estimate of drug-likeness (QED) is 0.437. The zero-order valence-corrected chi connectivity index (χ0v) is 24.4. The van der Waals surface area contributed by atoms with Crippen LogP contribution in [0.15, 0.2) is 18.2 Å². The van der Waals surface area contributed by atoms with Crippen molar-refractivity contribution in [3.8, 4) is 5.75 Å². The lowest BCUT2D eigenvalue weighted by Gasteiger charge is -2.64. The van der Waals surface area contributed by atoms with Crippen LogP contribution in [0.2, 0.25) is 5.02 Å². The van der Waals surface area contributed by atoms with Crippen LogP contribution in [0.3, 0.4) is 0 Å². The second-order valence-corrected chi connectivity index (χ2v) is 14.2. The van der Waals surface area contributed by atoms with Gasteiger partial charge < -0.3 is 20.1 Å². The second-order valence-electron chi connectivity index (χ2n) is 13.8. The van der Waals surface area contributed by atoms with Gasteiger partial charge in [-0.15, -0.1) is 0 Å². The maximum atomic E-state index is 13.9. The number of carbonyl (C=O) groups excluding carboxylic acids is 2. The summed E-state index contributed by atoms with van der Waals surface area (Å²) in [4.78, 5) is 32.9. The fraction of sp³-hybridized carbons (Fsp3) is 0.710. The van der Waals surface area contributed by atoms with Gasteiger partial charge in [0.2, 0.25) is 17.5 Å². The van der Waals surface area contributed by atoms with E-state index in [1.807, 2.05) is 4.90 Å². The molecule has 7 nitrogen and oxygen atoms in total. The first-order chi connectivity index (χ1) is 18.4. The number of likely N-dealkylation sites (tertiary alicyclic amines) is 1. The van der Waals surface area contributed by atoms with Gasteiger partial charge in [0.05, 0.1) is 11.6 Å². The van der Waals surface area contributed by atoms with Crippen molar-refractivity contribution in [2.75, 3.05) is 19.7 Å². The molecule has 39 heavy (non-hydrogen) atoms. The van der Waals surface area contributed by atoms with Crippen molar-refractivity contribution in [3.63, 3.8) is 0 Å². The number of nitrogens with zero attached hydrogens (tertiary/aromatic N) is 2. The van der Waals surface area contributed by atoms with Gasteiger partial charge in [0, 0.05) is 47.4 Å². The Bertz CT molecular complexity index is 1140. The Morgan fingerprint density at radius 1 is 1.05 bits per heavy atom. The number of piperidine rings is 1. The topological polar surface area (TPSA) is 83.2 Å². The van der Waals surface area contributed by atoms with Crippen molar-refractivity contribution < 1.29 is 19.4 Å². The minimum atomic E-state index is -0.396. The van der Waals surface area contributed by atoms with Crippen LogP contribution in [-0.2, 0) is 9.59 Å². The maximum absolute atomic E-state index is 13.9. The number of fused-ring (bicyclic) bond motifs is 3. The van der Waals surface area contributed by atoms with E-state index in [2.05, 4.69) is 37.9 Å². The van der Waals surface area contributed by atoms with Crippen LogP contribution in [0.5, 0.6) is 5.75 Å². The van der Waals surface area contributed by atoms with E-state index in [1.54, 1.807) is 18.2 Å². The van der Waals surface area contributed by atoms with E-state index in [9.17, 15) is 14.7 Å². The van der Waals surface area contributed by atoms with Crippen LogP contribution in [0.1, 0.15) is 79.1 Å². The molecule has 0 spiro atoms. The highest BCUT2D eigenvalue weighted by Crippen LogP contribution is 2.60. The van der Waals surface area contributed by atoms with Crippen molar-refractivity contribution in [1.82, 2.24) is 10.2 Å². The fourth-order valence-electron chi connectivity index (χ4n) is 8.37. The molecule has 4 aliphatic carbocycles. The number of amides is 2. The van der Waals surface area contributed by atoms with Gasteiger partial charge in [0.15, 0.2) is 0 Å². The van der Waals surface area contributed by atoms with E-state index in [0.717, 1.165) is 64.5 Å². The molecule has 2 N–H and O–H groups in total. The lowest BCUT2D eigenvalue weighted by molar-refractivity contribution is -0.181. The monoisotopic (exact) mass is 555 g/mol. The van der Waals surface area contributed by atoms with Crippen LogP contribution in [0.4, 0.5) is 5.69 Å². The van der Waals surface area contributed by atoms with Crippen LogP contribution in [0.25, 0.3) is 4.85 Å². The summed E-state index contributed by atoms with van der Waals surface area (Å²) < 4.78 is 6.39. The molecule has 0 atom stereocenters. The maximum Gasteiger partial charge on any atom is 0.228 e. The van der Waals surface area contributed by atoms with E-state index in [1.165, 1.54) is 0 Å². The molecular formula is C31H42ClN3O4. The third-order valence-electron chi connectivity index (χ3n) is 10.8. The Balaban J connectivity index is 1.21. The van der Waals surface area contributed by atoms with Gasteiger partial charge in [-0.1, -0.05) is 45.4 Å². The summed E-state index contributed by atoms with van der Waals surface area (Å²) in [5.41, 5.74) is -0.911. The molecule has 6 rings (SSSR count). The number of ether oxygens (including phenoxy) is 1. The summed E-state index contributed by atoms with van der Waals surface area (Å²) in [7, 11) is 0. The van der Waals surface area contributed by atoms with Crippen molar-refractivity contribution in [3.05, 3.63) is 34.6 Å². The first-order valence-electron chi connectivity index (χ1n) is 14.4. The van der Waals surface area contributed by atoms with E-state index >= 15 is 0 Å². The molecule has 1 heterocycles. The third kappa shape index (κ3) is 4.62. The molecule has 0 radical (unpaired) electrons. The Kier molecular flexibility index (Phi) is 7.21. The zero-order valence-electron chi connectivity index (χ0n) is 23.7. The summed E-state index contributed by atoms with van der Waals surface area (Å²) in [5.74, 6) is 1.34. The molecule has 2 bridgehead atoms. The molecule has 5 aliphatic rings. The molecule has 4 saturated carbocycles. The summed E-state index contributed by atoms with van der Waals surface area (Å²) in [6.45, 7) is 17.4. The molecule has 8 heteroatoms. The number of hydrogen-bond donors (Lipinski definition) is 2. The standard InChI is InChI=1S/C31H42ClN3O4/c1-28(2)24(29(3,4)25(28)39-21-6-7-23(33-5)22(32)18-21)34-26(37)30-10-13-31(14-11-30,15-12-30)27(38)35-16-8-20(19-36)9-17-35/h6-7,18,20,24-25,36H,8-17,19H2,1-4H3,(H,34,37).